The average Bonchev–Trinajstić information content (AvgIpc) is 3.30. The Morgan fingerprint density at radius 3 is 2.65 bits per heavy atom. The third kappa shape index (κ3) is 3.92. The highest BCUT2D eigenvalue weighted by molar-refractivity contribution is 7.09. The number of pyridine rings is 1. The lowest BCUT2D eigenvalue weighted by molar-refractivity contribution is -0.137. The largest absolute Gasteiger partial charge is 0.417 e. The van der Waals surface area contributed by atoms with E-state index in [9.17, 15) is 18.0 Å². The number of carbonyl (C=O) groups excluding carboxylic acids is 1. The molecule has 0 aliphatic carbocycles. The lowest BCUT2D eigenvalue weighted by Crippen LogP contribution is -2.33. The third-order valence-corrected chi connectivity index (χ3v) is 4.48. The van der Waals surface area contributed by atoms with Gasteiger partial charge in [-0.1, -0.05) is 0 Å². The number of aromatic nitrogens is 3. The molecule has 0 unspecified atom stereocenters. The first-order valence-corrected chi connectivity index (χ1v) is 8.39. The van der Waals surface area contributed by atoms with Gasteiger partial charge in [0.2, 0.25) is 0 Å². The predicted octanol–water partition coefficient (Wildman–Crippen LogP) is 2.98. The summed E-state index contributed by atoms with van der Waals surface area (Å²) in [6.07, 6.45) is -2.07. The van der Waals surface area contributed by atoms with E-state index in [1.807, 2.05) is 0 Å². The summed E-state index contributed by atoms with van der Waals surface area (Å²) < 4.78 is 37.8. The molecule has 1 atom stereocenters. The Morgan fingerprint density at radius 1 is 1.27 bits per heavy atom. The molecule has 0 spiro atoms. The minimum Gasteiger partial charge on any atom is -0.349 e. The topological polar surface area (TPSA) is 96.7 Å². The number of thiazole rings is 1. The molecule has 10 heteroatoms. The van der Waals surface area contributed by atoms with Gasteiger partial charge in [0.15, 0.2) is 0 Å². The number of amides is 1. The molecule has 0 aliphatic rings. The van der Waals surface area contributed by atoms with E-state index >= 15 is 0 Å². The zero-order chi connectivity index (χ0) is 18.7. The Kier molecular flexibility index (Phi) is 5.05. The molecule has 0 radical (unpaired) electrons. The SMILES string of the molecule is NC[C@H](NC(=O)c1ccc(-c2ccc(C(F)(F)F)cn2)[nH]1)c1nccs1. The zero-order valence-electron chi connectivity index (χ0n) is 13.2. The first-order chi connectivity index (χ1) is 12.4. The van der Waals surface area contributed by atoms with Crippen LogP contribution in [0.5, 0.6) is 0 Å². The Labute approximate surface area is 150 Å². The molecule has 1 amide bonds. The number of hydrogen-bond donors (Lipinski definition) is 3. The van der Waals surface area contributed by atoms with Crippen LogP contribution in [0.1, 0.15) is 27.1 Å². The molecule has 3 aromatic rings. The molecule has 4 N–H and O–H groups in total. The highest BCUT2D eigenvalue weighted by Gasteiger charge is 2.30. The van der Waals surface area contributed by atoms with Crippen LogP contribution in [0.2, 0.25) is 0 Å². The summed E-state index contributed by atoms with van der Waals surface area (Å²) in [5.74, 6) is -0.395. The van der Waals surface area contributed by atoms with Gasteiger partial charge in [0.1, 0.15) is 10.7 Å². The van der Waals surface area contributed by atoms with Crippen molar-refractivity contribution < 1.29 is 18.0 Å². The molecule has 0 saturated carbocycles. The Balaban J connectivity index is 1.74. The van der Waals surface area contributed by atoms with Crippen molar-refractivity contribution in [2.75, 3.05) is 6.54 Å². The summed E-state index contributed by atoms with van der Waals surface area (Å²) >= 11 is 1.38. The lowest BCUT2D eigenvalue weighted by Gasteiger charge is -2.13. The van der Waals surface area contributed by atoms with Gasteiger partial charge in [-0.25, -0.2) is 4.98 Å². The molecule has 0 aromatic carbocycles. The van der Waals surface area contributed by atoms with Gasteiger partial charge in [-0.2, -0.15) is 13.2 Å². The number of aromatic amines is 1. The fourth-order valence-corrected chi connectivity index (χ4v) is 2.96. The van der Waals surface area contributed by atoms with E-state index in [1.165, 1.54) is 23.5 Å². The van der Waals surface area contributed by atoms with E-state index in [0.29, 0.717) is 16.4 Å². The van der Waals surface area contributed by atoms with Gasteiger partial charge in [-0.3, -0.25) is 9.78 Å². The summed E-state index contributed by atoms with van der Waals surface area (Å²) in [5.41, 5.74) is 5.82. The molecule has 0 bridgehead atoms. The van der Waals surface area contributed by atoms with Gasteiger partial charge in [-0.05, 0) is 24.3 Å². The van der Waals surface area contributed by atoms with Crippen molar-refractivity contribution in [2.24, 2.45) is 5.73 Å². The van der Waals surface area contributed by atoms with Crippen LogP contribution < -0.4 is 11.1 Å². The number of H-pyrrole nitrogens is 1. The molecular formula is C16H14F3N5OS. The minimum atomic E-state index is -4.45. The van der Waals surface area contributed by atoms with E-state index in [0.717, 1.165) is 12.3 Å². The number of alkyl halides is 3. The predicted molar refractivity (Wildman–Crippen MR) is 90.4 cm³/mol. The van der Waals surface area contributed by atoms with E-state index in [-0.39, 0.29) is 12.2 Å². The molecule has 136 valence electrons. The first-order valence-electron chi connectivity index (χ1n) is 7.51. The summed E-state index contributed by atoms with van der Waals surface area (Å²) in [4.78, 5) is 23.1. The molecule has 26 heavy (non-hydrogen) atoms. The number of halogens is 3. The summed E-state index contributed by atoms with van der Waals surface area (Å²) in [6.45, 7) is 0.188. The van der Waals surface area contributed by atoms with Crippen LogP contribution in [0.15, 0.2) is 42.0 Å². The van der Waals surface area contributed by atoms with E-state index in [1.54, 1.807) is 17.6 Å². The maximum Gasteiger partial charge on any atom is 0.417 e. The van der Waals surface area contributed by atoms with E-state index < -0.39 is 23.7 Å². The molecule has 3 aromatic heterocycles. The quantitative estimate of drug-likeness (QED) is 0.633. The van der Waals surface area contributed by atoms with Crippen molar-refractivity contribution in [3.05, 3.63) is 58.3 Å². The zero-order valence-corrected chi connectivity index (χ0v) is 14.1. The average molecular weight is 381 g/mol. The first kappa shape index (κ1) is 18.1. The third-order valence-electron chi connectivity index (χ3n) is 3.59. The number of nitrogens with one attached hydrogen (secondary N) is 2. The van der Waals surface area contributed by atoms with Crippen LogP contribution in [0.3, 0.4) is 0 Å². The Hall–Kier alpha value is -2.72. The van der Waals surface area contributed by atoms with Crippen molar-refractivity contribution in [1.29, 1.82) is 0 Å². The molecule has 3 heterocycles. The number of rotatable bonds is 5. The molecule has 3 rings (SSSR count). The van der Waals surface area contributed by atoms with Gasteiger partial charge in [-0.15, -0.1) is 11.3 Å². The van der Waals surface area contributed by atoms with Crippen LogP contribution in [-0.2, 0) is 6.18 Å². The van der Waals surface area contributed by atoms with E-state index in [2.05, 4.69) is 20.3 Å². The normalized spacial score (nSPS) is 12.8. The number of carbonyl (C=O) groups is 1. The fraction of sp³-hybridized carbons (Fsp3) is 0.188. The van der Waals surface area contributed by atoms with Crippen LogP contribution in [-0.4, -0.2) is 27.4 Å². The molecule has 0 saturated heterocycles. The molecule has 0 fully saturated rings. The Bertz CT molecular complexity index is 874. The minimum absolute atomic E-state index is 0.188. The van der Waals surface area contributed by atoms with Crippen molar-refractivity contribution >= 4 is 17.2 Å². The molecule has 6 nitrogen and oxygen atoms in total. The monoisotopic (exact) mass is 381 g/mol. The summed E-state index contributed by atoms with van der Waals surface area (Å²) in [5, 5.41) is 5.24. The number of nitrogens with zero attached hydrogens (tertiary/aromatic N) is 2. The van der Waals surface area contributed by atoms with Crippen molar-refractivity contribution in [1.82, 2.24) is 20.3 Å². The van der Waals surface area contributed by atoms with Crippen molar-refractivity contribution in [3.8, 4) is 11.4 Å². The second-order valence-electron chi connectivity index (χ2n) is 5.35. The highest BCUT2D eigenvalue weighted by atomic mass is 32.1. The van der Waals surface area contributed by atoms with Crippen LogP contribution in [0.4, 0.5) is 13.2 Å². The lowest BCUT2D eigenvalue weighted by atomic mass is 10.2. The van der Waals surface area contributed by atoms with Crippen LogP contribution in [0, 0.1) is 0 Å². The highest BCUT2D eigenvalue weighted by Crippen LogP contribution is 2.29. The fourth-order valence-electron chi connectivity index (χ4n) is 2.26. The Morgan fingerprint density at radius 2 is 2.08 bits per heavy atom. The second kappa shape index (κ2) is 7.26. The van der Waals surface area contributed by atoms with Crippen LogP contribution in [0.25, 0.3) is 11.4 Å². The molecular weight excluding hydrogens is 367 g/mol. The van der Waals surface area contributed by atoms with Gasteiger partial charge in [0.25, 0.3) is 5.91 Å². The van der Waals surface area contributed by atoms with Crippen molar-refractivity contribution in [3.63, 3.8) is 0 Å². The summed E-state index contributed by atoms with van der Waals surface area (Å²) in [7, 11) is 0. The van der Waals surface area contributed by atoms with Crippen LogP contribution >= 0.6 is 11.3 Å². The van der Waals surface area contributed by atoms with E-state index in [4.69, 9.17) is 5.73 Å². The molecule has 0 aliphatic heterocycles. The van der Waals surface area contributed by atoms with Gasteiger partial charge in [0, 0.05) is 24.3 Å². The number of nitrogens with two attached hydrogens (primary N) is 1. The van der Waals surface area contributed by atoms with Gasteiger partial charge in [0.05, 0.1) is 23.0 Å². The van der Waals surface area contributed by atoms with Gasteiger partial charge >= 0.3 is 6.18 Å². The van der Waals surface area contributed by atoms with Gasteiger partial charge < -0.3 is 16.0 Å². The smallest absolute Gasteiger partial charge is 0.349 e. The number of hydrogen-bond acceptors (Lipinski definition) is 5. The standard InChI is InChI=1S/C16H14F3N5OS/c17-16(18,19)9-1-2-10(22-8-9)11-3-4-12(23-11)14(25)24-13(7-20)15-21-5-6-26-15/h1-6,8,13,23H,7,20H2,(H,24,25)/t13-/m0/s1. The second-order valence-corrected chi connectivity index (χ2v) is 6.27. The maximum atomic E-state index is 12.6. The summed E-state index contributed by atoms with van der Waals surface area (Å²) in [6, 6.07) is 4.87. The maximum absolute atomic E-state index is 12.6. The van der Waals surface area contributed by atoms with Crippen molar-refractivity contribution in [2.45, 2.75) is 12.2 Å².